The zero-order chi connectivity index (χ0) is 40.2. The quantitative estimate of drug-likeness (QED) is 0.237. The third-order valence-electron chi connectivity index (χ3n) is 12.1. The molecule has 16 heteroatoms. The predicted molar refractivity (Wildman–Crippen MR) is 211 cm³/mol. The molecule has 6 amide bonds. The van der Waals surface area contributed by atoms with Crippen molar-refractivity contribution in [3.05, 3.63) is 82.8 Å². The Hall–Kier alpha value is -6.16. The third-order valence-corrected chi connectivity index (χ3v) is 12.1. The fourth-order valence-corrected chi connectivity index (χ4v) is 9.09. The highest BCUT2D eigenvalue weighted by Crippen LogP contribution is 2.37. The Morgan fingerprint density at radius 3 is 2.45 bits per heavy atom. The van der Waals surface area contributed by atoms with Gasteiger partial charge in [0.25, 0.3) is 23.6 Å². The molecule has 300 valence electrons. The van der Waals surface area contributed by atoms with Crippen LogP contribution in [0.1, 0.15) is 99.4 Å². The molecular weight excluding hydrogens is 743 g/mol. The molecule has 5 aliphatic heterocycles. The normalized spacial score (nSPS) is 20.6. The maximum Gasteiger partial charge on any atom is 0.262 e. The average molecular weight is 788 g/mol. The summed E-state index contributed by atoms with van der Waals surface area (Å²) >= 11 is 0. The molecule has 0 bridgehead atoms. The number of carbonyl (C=O) groups is 6. The van der Waals surface area contributed by atoms with Crippen molar-refractivity contribution in [3.63, 3.8) is 0 Å². The number of imide groups is 2. The van der Waals surface area contributed by atoms with E-state index < -0.39 is 29.7 Å². The summed E-state index contributed by atoms with van der Waals surface area (Å²) in [5, 5.41) is 9.47. The van der Waals surface area contributed by atoms with Crippen molar-refractivity contribution in [2.45, 2.75) is 77.1 Å². The molecule has 0 unspecified atom stereocenters. The lowest BCUT2D eigenvalue weighted by Crippen LogP contribution is -2.54. The van der Waals surface area contributed by atoms with Crippen molar-refractivity contribution in [2.24, 2.45) is 5.92 Å². The lowest BCUT2D eigenvalue weighted by Gasteiger charge is -2.40. The van der Waals surface area contributed by atoms with E-state index in [-0.39, 0.29) is 42.4 Å². The number of hydrogen-bond acceptors (Lipinski definition) is 11. The number of nitrogens with zero attached hydrogens (tertiary/aromatic N) is 7. The molecule has 3 fully saturated rings. The van der Waals surface area contributed by atoms with Gasteiger partial charge in [-0.25, -0.2) is 9.50 Å². The van der Waals surface area contributed by atoms with Crippen LogP contribution in [-0.4, -0.2) is 116 Å². The van der Waals surface area contributed by atoms with Gasteiger partial charge in [-0.3, -0.25) is 39.0 Å². The SMILES string of the molecule is CC(C)Oc1cc2c(cc1NC(=O)c1cnn3cccnc13)CN(C1CCN(CC3CCN(c4ccc5c(c4)C(=O)N([C@@H]4CCC(=O)NC4=O)C5=O)CC3)CC1)C2=O. The molecule has 4 aromatic rings. The van der Waals surface area contributed by atoms with Crippen molar-refractivity contribution in [3.8, 4) is 5.75 Å². The van der Waals surface area contributed by atoms with E-state index in [9.17, 15) is 28.8 Å². The summed E-state index contributed by atoms with van der Waals surface area (Å²) in [7, 11) is 0. The summed E-state index contributed by atoms with van der Waals surface area (Å²) in [5.41, 5.74) is 4.20. The summed E-state index contributed by atoms with van der Waals surface area (Å²) in [6.07, 6.45) is 8.58. The largest absolute Gasteiger partial charge is 0.489 e. The monoisotopic (exact) mass is 787 g/mol. The van der Waals surface area contributed by atoms with E-state index in [1.54, 1.807) is 41.2 Å². The topological polar surface area (TPSA) is 179 Å². The highest BCUT2D eigenvalue weighted by molar-refractivity contribution is 6.23. The molecule has 0 spiro atoms. The smallest absolute Gasteiger partial charge is 0.262 e. The number of amides is 6. The fourth-order valence-electron chi connectivity index (χ4n) is 9.09. The summed E-state index contributed by atoms with van der Waals surface area (Å²) in [5.74, 6) is -1.43. The van der Waals surface area contributed by atoms with E-state index >= 15 is 0 Å². The number of carbonyl (C=O) groups excluding carboxylic acids is 6. The minimum absolute atomic E-state index is 0.0135. The number of piperidine rings is 3. The number of benzene rings is 2. The van der Waals surface area contributed by atoms with E-state index in [1.807, 2.05) is 30.9 Å². The second kappa shape index (κ2) is 15.0. The van der Waals surface area contributed by atoms with E-state index in [0.717, 1.165) is 74.6 Å². The third kappa shape index (κ3) is 6.84. The molecule has 16 nitrogen and oxygen atoms in total. The Labute approximate surface area is 334 Å². The molecule has 2 aromatic carbocycles. The molecule has 0 radical (unpaired) electrons. The Morgan fingerprint density at radius 2 is 1.69 bits per heavy atom. The van der Waals surface area contributed by atoms with E-state index in [1.165, 1.54) is 6.20 Å². The molecule has 0 saturated carbocycles. The van der Waals surface area contributed by atoms with Gasteiger partial charge in [0.1, 0.15) is 17.4 Å². The number of likely N-dealkylation sites (tertiary alicyclic amines) is 1. The van der Waals surface area contributed by atoms with Gasteiger partial charge in [0.05, 0.1) is 29.1 Å². The molecule has 9 rings (SSSR count). The first kappa shape index (κ1) is 37.4. The molecule has 2 N–H and O–H groups in total. The summed E-state index contributed by atoms with van der Waals surface area (Å²) in [6.45, 7) is 8.69. The molecule has 2 aromatic heterocycles. The van der Waals surface area contributed by atoms with Gasteiger partial charge in [-0.1, -0.05) is 0 Å². The van der Waals surface area contributed by atoms with Crippen molar-refractivity contribution in [1.82, 2.24) is 34.6 Å². The molecule has 1 atom stereocenters. The minimum Gasteiger partial charge on any atom is -0.489 e. The van der Waals surface area contributed by atoms with Crippen molar-refractivity contribution < 1.29 is 33.5 Å². The van der Waals surface area contributed by atoms with Gasteiger partial charge in [-0.05, 0) is 93.8 Å². The van der Waals surface area contributed by atoms with E-state index in [2.05, 4.69) is 30.5 Å². The van der Waals surface area contributed by atoms with E-state index in [0.29, 0.717) is 46.2 Å². The maximum absolute atomic E-state index is 13.8. The Balaban J connectivity index is 0.785. The first-order valence-corrected chi connectivity index (χ1v) is 20.1. The Morgan fingerprint density at radius 1 is 0.914 bits per heavy atom. The summed E-state index contributed by atoms with van der Waals surface area (Å²) in [4.78, 5) is 89.9. The van der Waals surface area contributed by atoms with Crippen LogP contribution in [0, 0.1) is 5.92 Å². The average Bonchev–Trinajstić information content (AvgIpc) is 3.86. The molecule has 5 aliphatic rings. The van der Waals surface area contributed by atoms with Crippen molar-refractivity contribution in [2.75, 3.05) is 42.9 Å². The highest BCUT2D eigenvalue weighted by atomic mass is 16.5. The fraction of sp³-hybridized carbons (Fsp3) is 0.429. The van der Waals surface area contributed by atoms with Crippen molar-refractivity contribution >= 4 is 52.5 Å². The van der Waals surface area contributed by atoms with Gasteiger partial charge >= 0.3 is 0 Å². The lowest BCUT2D eigenvalue weighted by molar-refractivity contribution is -0.136. The number of fused-ring (bicyclic) bond motifs is 3. The van der Waals surface area contributed by atoms with Crippen LogP contribution >= 0.6 is 0 Å². The Kier molecular flexibility index (Phi) is 9.66. The summed E-state index contributed by atoms with van der Waals surface area (Å²) < 4.78 is 7.64. The zero-order valence-electron chi connectivity index (χ0n) is 32.5. The standard InChI is InChI=1S/C42H45N9O7/c1-24(2)58-35-20-30-26(18-33(35)45-38(53)32-21-44-50-13-3-12-43-37(32)50)23-49(40(30)55)27-10-14-47(15-11-27)22-25-8-16-48(17-9-25)28-4-5-29-31(19-28)42(57)51(41(29)56)34-6-7-36(52)46-39(34)54/h3-5,12-13,18-21,24-25,27,34H,6-11,14-17,22-23H2,1-2H3,(H,45,53)(H,46,52,54)/t34-/m1/s1. The van der Waals surface area contributed by atoms with Crippen LogP contribution in [0.25, 0.3) is 5.65 Å². The minimum atomic E-state index is -0.984. The van der Waals surface area contributed by atoms with Crippen LogP contribution in [0.4, 0.5) is 11.4 Å². The van der Waals surface area contributed by atoms with Gasteiger partial charge < -0.3 is 24.8 Å². The van der Waals surface area contributed by atoms with Crippen LogP contribution in [0.3, 0.4) is 0 Å². The van der Waals surface area contributed by atoms with Crippen LogP contribution in [-0.2, 0) is 16.1 Å². The second-order valence-electron chi connectivity index (χ2n) is 16.1. The van der Waals surface area contributed by atoms with Crippen LogP contribution in [0.15, 0.2) is 55.0 Å². The molecule has 3 saturated heterocycles. The highest BCUT2D eigenvalue weighted by Gasteiger charge is 2.45. The summed E-state index contributed by atoms with van der Waals surface area (Å²) in [6, 6.07) is 9.80. The Bertz CT molecular complexity index is 2360. The molecule has 58 heavy (non-hydrogen) atoms. The lowest BCUT2D eigenvalue weighted by atomic mass is 9.94. The molecule has 7 heterocycles. The maximum atomic E-state index is 13.8. The molecular formula is C42H45N9O7. The van der Waals surface area contributed by atoms with Crippen LogP contribution in [0.5, 0.6) is 5.75 Å². The predicted octanol–water partition coefficient (Wildman–Crippen LogP) is 3.51. The van der Waals surface area contributed by atoms with E-state index in [4.69, 9.17) is 4.74 Å². The van der Waals surface area contributed by atoms with Crippen molar-refractivity contribution in [1.29, 1.82) is 0 Å². The second-order valence-corrected chi connectivity index (χ2v) is 16.1. The number of aromatic nitrogens is 3. The number of anilines is 2. The first-order valence-electron chi connectivity index (χ1n) is 20.1. The van der Waals surface area contributed by atoms with Crippen LogP contribution in [0.2, 0.25) is 0 Å². The number of ether oxygens (including phenoxy) is 1. The van der Waals surface area contributed by atoms with Gasteiger partial charge in [0.15, 0.2) is 5.65 Å². The number of hydrogen-bond donors (Lipinski definition) is 2. The number of rotatable bonds is 9. The van der Waals surface area contributed by atoms with Gasteiger partial charge in [-0.2, -0.15) is 5.10 Å². The van der Waals surface area contributed by atoms with Gasteiger partial charge in [0, 0.05) is 75.4 Å². The zero-order valence-corrected chi connectivity index (χ0v) is 32.5. The van der Waals surface area contributed by atoms with Crippen LogP contribution < -0.4 is 20.3 Å². The first-order chi connectivity index (χ1) is 28.0. The number of nitrogens with one attached hydrogen (secondary N) is 2. The molecule has 0 aliphatic carbocycles. The van der Waals surface area contributed by atoms with Gasteiger partial charge in [-0.15, -0.1) is 0 Å². The van der Waals surface area contributed by atoms with Gasteiger partial charge in [0.2, 0.25) is 11.8 Å².